The van der Waals surface area contributed by atoms with Gasteiger partial charge in [0.2, 0.25) is 0 Å². The van der Waals surface area contributed by atoms with Crippen molar-refractivity contribution < 1.29 is 13.5 Å². The molecule has 4 atom stereocenters. The van der Waals surface area contributed by atoms with Crippen LogP contribution in [0.1, 0.15) is 63.4 Å². The van der Waals surface area contributed by atoms with Gasteiger partial charge in [-0.25, -0.2) is 8.78 Å². The van der Waals surface area contributed by atoms with Crippen LogP contribution in [-0.2, 0) is 0 Å². The number of rotatable bonds is 5. The van der Waals surface area contributed by atoms with Crippen molar-refractivity contribution in [1.29, 1.82) is 0 Å². The summed E-state index contributed by atoms with van der Waals surface area (Å²) in [4.78, 5) is 0. The van der Waals surface area contributed by atoms with Gasteiger partial charge in [0.15, 0.2) is 0 Å². The fraction of sp³-hybridized carbons (Fsp3) is 0.520. The Bertz CT molecular complexity index is 859. The van der Waals surface area contributed by atoms with Crippen molar-refractivity contribution in [2.24, 2.45) is 17.8 Å². The Balaban J connectivity index is 1.59. The van der Waals surface area contributed by atoms with E-state index >= 15 is 4.39 Å². The highest BCUT2D eigenvalue weighted by molar-refractivity contribution is 5.86. The molecule has 0 spiro atoms. The van der Waals surface area contributed by atoms with Crippen LogP contribution in [0.2, 0.25) is 0 Å². The number of halogens is 2. The molecule has 0 aliphatic heterocycles. The highest BCUT2D eigenvalue weighted by atomic mass is 19.1. The molecule has 2 aliphatic rings. The molecule has 1 nitrogen and oxygen atoms in total. The van der Waals surface area contributed by atoms with Gasteiger partial charge in [0.05, 0.1) is 5.39 Å². The van der Waals surface area contributed by atoms with Crippen molar-refractivity contribution in [3.05, 3.63) is 54.1 Å². The molecular weight excluding hydrogens is 354 g/mol. The van der Waals surface area contributed by atoms with Crippen LogP contribution in [-0.4, -0.2) is 6.61 Å². The van der Waals surface area contributed by atoms with E-state index in [9.17, 15) is 4.39 Å². The van der Waals surface area contributed by atoms with E-state index in [-0.39, 0.29) is 17.1 Å². The van der Waals surface area contributed by atoms with Gasteiger partial charge in [0, 0.05) is 6.07 Å². The quantitative estimate of drug-likeness (QED) is 0.488. The first kappa shape index (κ1) is 19.4. The third kappa shape index (κ3) is 3.68. The van der Waals surface area contributed by atoms with E-state index < -0.39 is 5.82 Å². The summed E-state index contributed by atoms with van der Waals surface area (Å²) >= 11 is 0. The van der Waals surface area contributed by atoms with Crippen LogP contribution in [0, 0.1) is 29.4 Å². The molecule has 0 saturated heterocycles. The summed E-state index contributed by atoms with van der Waals surface area (Å²) in [5.41, 5.74) is 0.697. The second-order valence-corrected chi connectivity index (χ2v) is 8.69. The zero-order chi connectivity index (χ0) is 19.7. The highest BCUT2D eigenvalue weighted by Gasteiger charge is 2.36. The molecular formula is C25H30F2O. The standard InChI is InChI=1S/C25H30F2O/c1-3-11-28-21-14-20-9-10-22(25(27)24(20)23(26)15-21)19-8-7-17-12-16(4-2)5-6-18(17)13-19/h3,9-10,14-19H,1,4-8,11-13H2,2H3/t16?,17-,18?,19-/m1/s1. The average molecular weight is 385 g/mol. The first-order valence-electron chi connectivity index (χ1n) is 10.8. The summed E-state index contributed by atoms with van der Waals surface area (Å²) < 4.78 is 35.5. The Morgan fingerprint density at radius 2 is 1.86 bits per heavy atom. The van der Waals surface area contributed by atoms with Crippen molar-refractivity contribution >= 4 is 10.8 Å². The Labute approximate surface area is 166 Å². The summed E-state index contributed by atoms with van der Waals surface area (Å²) in [7, 11) is 0. The number of ether oxygens (including phenoxy) is 1. The molecule has 0 amide bonds. The van der Waals surface area contributed by atoms with Gasteiger partial charge in [0.1, 0.15) is 24.0 Å². The van der Waals surface area contributed by atoms with E-state index in [1.54, 1.807) is 12.1 Å². The van der Waals surface area contributed by atoms with Crippen LogP contribution < -0.4 is 4.74 Å². The molecule has 4 rings (SSSR count). The average Bonchev–Trinajstić information content (AvgIpc) is 2.71. The van der Waals surface area contributed by atoms with E-state index in [4.69, 9.17) is 4.74 Å². The molecule has 150 valence electrons. The third-order valence-corrected chi connectivity index (χ3v) is 7.12. The Kier molecular flexibility index (Phi) is 5.70. The predicted molar refractivity (Wildman–Crippen MR) is 111 cm³/mol. The van der Waals surface area contributed by atoms with Crippen molar-refractivity contribution in [3.8, 4) is 5.75 Å². The lowest BCUT2D eigenvalue weighted by molar-refractivity contribution is 0.116. The third-order valence-electron chi connectivity index (χ3n) is 7.12. The number of hydrogen-bond acceptors (Lipinski definition) is 1. The molecule has 3 heteroatoms. The van der Waals surface area contributed by atoms with Gasteiger partial charge < -0.3 is 4.74 Å². The summed E-state index contributed by atoms with van der Waals surface area (Å²) in [6.45, 7) is 6.19. The van der Waals surface area contributed by atoms with Crippen molar-refractivity contribution in [3.63, 3.8) is 0 Å². The molecule has 2 fully saturated rings. The van der Waals surface area contributed by atoms with Gasteiger partial charge in [-0.05, 0) is 72.8 Å². The maximum atomic E-state index is 15.3. The molecule has 0 radical (unpaired) electrons. The lowest BCUT2D eigenvalue weighted by Gasteiger charge is -2.42. The Morgan fingerprint density at radius 1 is 1.07 bits per heavy atom. The molecule has 2 aliphatic carbocycles. The Hall–Kier alpha value is -1.90. The van der Waals surface area contributed by atoms with Crippen LogP contribution in [0.5, 0.6) is 5.75 Å². The maximum absolute atomic E-state index is 15.3. The van der Waals surface area contributed by atoms with Crippen molar-refractivity contribution in [2.45, 2.75) is 57.8 Å². The van der Waals surface area contributed by atoms with Crippen LogP contribution in [0.4, 0.5) is 8.78 Å². The SMILES string of the molecule is C=CCOc1cc(F)c2c(F)c([C@@H]3CC[C@@H]4CC(CC)CCC4C3)ccc2c1. The fourth-order valence-electron chi connectivity index (χ4n) is 5.56. The molecule has 0 aromatic heterocycles. The van der Waals surface area contributed by atoms with Crippen LogP contribution in [0.15, 0.2) is 36.9 Å². The van der Waals surface area contributed by atoms with Crippen LogP contribution in [0.3, 0.4) is 0 Å². The van der Waals surface area contributed by atoms with Gasteiger partial charge >= 0.3 is 0 Å². The summed E-state index contributed by atoms with van der Waals surface area (Å²) in [6.07, 6.45) is 10.1. The summed E-state index contributed by atoms with van der Waals surface area (Å²) in [6, 6.07) is 6.70. The number of hydrogen-bond donors (Lipinski definition) is 0. The minimum absolute atomic E-state index is 0.0975. The van der Waals surface area contributed by atoms with Crippen molar-refractivity contribution in [1.82, 2.24) is 0 Å². The van der Waals surface area contributed by atoms with E-state index in [1.807, 2.05) is 12.1 Å². The minimum Gasteiger partial charge on any atom is -0.489 e. The van der Waals surface area contributed by atoms with Gasteiger partial charge in [-0.2, -0.15) is 0 Å². The van der Waals surface area contributed by atoms with E-state index in [1.165, 1.54) is 38.2 Å². The topological polar surface area (TPSA) is 9.23 Å². The molecule has 2 unspecified atom stereocenters. The van der Waals surface area contributed by atoms with Gasteiger partial charge in [-0.1, -0.05) is 44.6 Å². The first-order chi connectivity index (χ1) is 13.6. The molecule has 2 aromatic carbocycles. The van der Waals surface area contributed by atoms with E-state index in [0.29, 0.717) is 29.2 Å². The number of fused-ring (bicyclic) bond motifs is 2. The summed E-state index contributed by atoms with van der Waals surface area (Å²) in [5.74, 6) is 2.08. The van der Waals surface area contributed by atoms with Gasteiger partial charge in [-0.3, -0.25) is 0 Å². The Morgan fingerprint density at radius 3 is 2.64 bits per heavy atom. The van der Waals surface area contributed by atoms with Crippen LogP contribution >= 0.6 is 0 Å². The minimum atomic E-state index is -0.548. The van der Waals surface area contributed by atoms with Gasteiger partial charge in [0.25, 0.3) is 0 Å². The molecule has 0 bridgehead atoms. The van der Waals surface area contributed by atoms with Crippen LogP contribution in [0.25, 0.3) is 10.8 Å². The molecule has 0 heterocycles. The molecule has 28 heavy (non-hydrogen) atoms. The molecule has 2 aromatic rings. The largest absolute Gasteiger partial charge is 0.489 e. The van der Waals surface area contributed by atoms with Gasteiger partial charge in [-0.15, -0.1) is 0 Å². The molecule has 2 saturated carbocycles. The van der Waals surface area contributed by atoms with Crippen molar-refractivity contribution in [2.75, 3.05) is 6.61 Å². The number of benzene rings is 2. The molecule has 0 N–H and O–H groups in total. The fourth-order valence-corrected chi connectivity index (χ4v) is 5.56. The predicted octanol–water partition coefficient (Wildman–Crippen LogP) is 7.39. The smallest absolute Gasteiger partial charge is 0.137 e. The second kappa shape index (κ2) is 8.23. The normalized spacial score (nSPS) is 27.4. The first-order valence-corrected chi connectivity index (χ1v) is 10.8. The van der Waals surface area contributed by atoms with E-state index in [2.05, 4.69) is 13.5 Å². The maximum Gasteiger partial charge on any atom is 0.137 e. The zero-order valence-corrected chi connectivity index (χ0v) is 16.7. The zero-order valence-electron chi connectivity index (χ0n) is 16.7. The second-order valence-electron chi connectivity index (χ2n) is 8.69. The van der Waals surface area contributed by atoms with E-state index in [0.717, 1.165) is 24.7 Å². The lowest BCUT2D eigenvalue weighted by Crippen LogP contribution is -2.30. The summed E-state index contributed by atoms with van der Waals surface area (Å²) in [5, 5.41) is 0.651. The lowest BCUT2D eigenvalue weighted by atomic mass is 9.63. The monoisotopic (exact) mass is 384 g/mol. The highest BCUT2D eigenvalue weighted by Crippen LogP contribution is 2.49.